The van der Waals surface area contributed by atoms with Crippen LogP contribution in [0.5, 0.6) is 5.75 Å². The first-order valence-electron chi connectivity index (χ1n) is 11.9. The Morgan fingerprint density at radius 3 is 2.38 bits per heavy atom. The highest BCUT2D eigenvalue weighted by Crippen LogP contribution is 2.36. The van der Waals surface area contributed by atoms with Crippen LogP contribution >= 0.6 is 11.6 Å². The zero-order valence-electron chi connectivity index (χ0n) is 20.4. The van der Waals surface area contributed by atoms with Crippen molar-refractivity contribution in [1.29, 1.82) is 0 Å². The molecule has 1 aliphatic rings. The summed E-state index contributed by atoms with van der Waals surface area (Å²) in [5.74, 6) is 0.909. The summed E-state index contributed by atoms with van der Waals surface area (Å²) in [5, 5.41) is 4.02. The molecule has 0 radical (unpaired) electrons. The van der Waals surface area contributed by atoms with Gasteiger partial charge in [0.15, 0.2) is 0 Å². The molecular weight excluding hydrogens is 492 g/mol. The summed E-state index contributed by atoms with van der Waals surface area (Å²) < 4.78 is 17.6. The van der Waals surface area contributed by atoms with Crippen LogP contribution in [0.25, 0.3) is 22.1 Å². The van der Waals surface area contributed by atoms with E-state index in [2.05, 4.69) is 5.32 Å². The number of ether oxygens (including phenoxy) is 2. The molecule has 2 heterocycles. The largest absolute Gasteiger partial charge is 0.494 e. The first kappa shape index (κ1) is 24.5. The molecule has 8 heteroatoms. The second kappa shape index (κ2) is 10.4. The quantitative estimate of drug-likeness (QED) is 0.298. The molecule has 7 nitrogen and oxygen atoms in total. The Labute approximate surface area is 218 Å². The molecule has 1 atom stereocenters. The number of benzene rings is 3. The molecular formula is C29H25ClN2O5. The number of halogens is 1. The lowest BCUT2D eigenvalue weighted by atomic mass is 10.0. The third-order valence-electron chi connectivity index (χ3n) is 6.20. The van der Waals surface area contributed by atoms with Gasteiger partial charge in [-0.1, -0.05) is 72.3 Å². The zero-order chi connectivity index (χ0) is 25.9. The second-order valence-electron chi connectivity index (χ2n) is 8.51. The number of hydrogen-bond donors (Lipinski definition) is 1. The first-order valence-corrected chi connectivity index (χ1v) is 12.2. The van der Waals surface area contributed by atoms with E-state index in [-0.39, 0.29) is 12.6 Å². The number of rotatable bonds is 7. The molecule has 0 saturated carbocycles. The summed E-state index contributed by atoms with van der Waals surface area (Å²) >= 11 is 6.62. The van der Waals surface area contributed by atoms with Gasteiger partial charge in [-0.05, 0) is 29.7 Å². The number of urea groups is 1. The lowest BCUT2D eigenvalue weighted by Crippen LogP contribution is -2.46. The third-order valence-corrected chi connectivity index (χ3v) is 6.50. The Balaban J connectivity index is 1.52. The Bertz CT molecular complexity index is 1530. The van der Waals surface area contributed by atoms with Gasteiger partial charge in [0.2, 0.25) is 0 Å². The summed E-state index contributed by atoms with van der Waals surface area (Å²) in [7, 11) is 1.65. The molecule has 1 aliphatic heterocycles. The van der Waals surface area contributed by atoms with Gasteiger partial charge in [-0.15, -0.1) is 0 Å². The molecule has 5 rings (SSSR count). The number of fused-ring (bicyclic) bond motifs is 1. The molecule has 188 valence electrons. The van der Waals surface area contributed by atoms with Crippen LogP contribution in [-0.4, -0.2) is 31.2 Å². The highest BCUT2D eigenvalue weighted by atomic mass is 35.5. The minimum absolute atomic E-state index is 0.0103. The van der Waals surface area contributed by atoms with Gasteiger partial charge in [0.25, 0.3) is 0 Å². The van der Waals surface area contributed by atoms with Crippen molar-refractivity contribution in [3.63, 3.8) is 0 Å². The van der Waals surface area contributed by atoms with E-state index in [0.717, 1.165) is 16.7 Å². The maximum atomic E-state index is 12.8. The number of hydrogen-bond acceptors (Lipinski definition) is 5. The van der Waals surface area contributed by atoms with Crippen molar-refractivity contribution in [3.8, 4) is 16.9 Å². The fourth-order valence-corrected chi connectivity index (χ4v) is 4.61. The van der Waals surface area contributed by atoms with Crippen molar-refractivity contribution < 1.29 is 18.7 Å². The normalized spacial score (nSPS) is 15.6. The molecule has 1 N–H and O–H groups in total. The van der Waals surface area contributed by atoms with E-state index < -0.39 is 11.7 Å². The predicted octanol–water partition coefficient (Wildman–Crippen LogP) is 6.14. The molecule has 0 aliphatic carbocycles. The highest BCUT2D eigenvalue weighted by Gasteiger charge is 2.34. The summed E-state index contributed by atoms with van der Waals surface area (Å²) in [6, 6.07) is 23.2. The highest BCUT2D eigenvalue weighted by molar-refractivity contribution is 6.33. The Kier molecular flexibility index (Phi) is 6.88. The van der Waals surface area contributed by atoms with Crippen molar-refractivity contribution >= 4 is 28.6 Å². The third kappa shape index (κ3) is 4.90. The SMILES string of the molecule is CCOC1=C(COc2cc3oc(=O)cc(-c4ccccc4)c3cc2Cl)N(C)C(=O)N[C@H]1c1ccccc1. The van der Waals surface area contributed by atoms with Gasteiger partial charge in [0, 0.05) is 24.6 Å². The summed E-state index contributed by atoms with van der Waals surface area (Å²) in [6.45, 7) is 2.31. The molecule has 0 unspecified atom stereocenters. The number of carbonyl (C=O) groups is 1. The molecule has 4 aromatic rings. The van der Waals surface area contributed by atoms with Crippen LogP contribution in [0.3, 0.4) is 0 Å². The van der Waals surface area contributed by atoms with Gasteiger partial charge in [-0.2, -0.15) is 0 Å². The van der Waals surface area contributed by atoms with Crippen molar-refractivity contribution in [3.05, 3.63) is 111 Å². The first-order chi connectivity index (χ1) is 18.0. The lowest BCUT2D eigenvalue weighted by Gasteiger charge is -2.34. The number of nitrogens with zero attached hydrogens (tertiary/aromatic N) is 1. The Morgan fingerprint density at radius 2 is 1.68 bits per heavy atom. The van der Waals surface area contributed by atoms with Crippen LogP contribution in [0.15, 0.2) is 99.5 Å². The molecule has 2 amide bonds. The fraction of sp³-hybridized carbons (Fsp3) is 0.172. The van der Waals surface area contributed by atoms with Crippen LogP contribution in [0.2, 0.25) is 5.02 Å². The van der Waals surface area contributed by atoms with Gasteiger partial charge >= 0.3 is 11.7 Å². The summed E-state index contributed by atoms with van der Waals surface area (Å²) in [5.41, 5.74) is 2.92. The molecule has 0 saturated heterocycles. The van der Waals surface area contributed by atoms with Gasteiger partial charge in [-0.25, -0.2) is 9.59 Å². The molecule has 1 aromatic heterocycles. The van der Waals surface area contributed by atoms with Crippen molar-refractivity contribution in [2.45, 2.75) is 13.0 Å². The predicted molar refractivity (Wildman–Crippen MR) is 143 cm³/mol. The number of nitrogens with one attached hydrogen (secondary N) is 1. The minimum atomic E-state index is -0.477. The van der Waals surface area contributed by atoms with Crippen LogP contribution in [0, 0.1) is 0 Å². The van der Waals surface area contributed by atoms with E-state index in [9.17, 15) is 9.59 Å². The van der Waals surface area contributed by atoms with Gasteiger partial charge in [0.1, 0.15) is 35.4 Å². The van der Waals surface area contributed by atoms with Crippen LogP contribution in [-0.2, 0) is 4.74 Å². The van der Waals surface area contributed by atoms with E-state index in [1.54, 1.807) is 19.2 Å². The Hall–Kier alpha value is -4.23. The number of likely N-dealkylation sites (N-methyl/N-ethyl adjacent to an activating group) is 1. The number of carbonyl (C=O) groups excluding carboxylic acids is 1. The molecule has 0 fully saturated rings. The average molecular weight is 517 g/mol. The topological polar surface area (TPSA) is 81.0 Å². The summed E-state index contributed by atoms with van der Waals surface area (Å²) in [4.78, 5) is 26.6. The van der Waals surface area contributed by atoms with Crippen molar-refractivity contribution in [2.24, 2.45) is 0 Å². The fourth-order valence-electron chi connectivity index (χ4n) is 4.39. The van der Waals surface area contributed by atoms with E-state index >= 15 is 0 Å². The molecule has 0 spiro atoms. The lowest BCUT2D eigenvalue weighted by molar-refractivity contribution is 0.149. The molecule has 0 bridgehead atoms. The second-order valence-corrected chi connectivity index (χ2v) is 8.92. The summed E-state index contributed by atoms with van der Waals surface area (Å²) in [6.07, 6.45) is 0. The van der Waals surface area contributed by atoms with Crippen LogP contribution < -0.4 is 15.7 Å². The smallest absolute Gasteiger partial charge is 0.336 e. The van der Waals surface area contributed by atoms with Gasteiger partial charge in [0.05, 0.1) is 11.6 Å². The maximum Gasteiger partial charge on any atom is 0.336 e. The van der Waals surface area contributed by atoms with E-state index in [4.69, 9.17) is 25.5 Å². The Morgan fingerprint density at radius 1 is 0.973 bits per heavy atom. The molecule has 37 heavy (non-hydrogen) atoms. The standard InChI is InChI=1S/C29H25ClN2O5/c1-3-35-28-23(32(2)29(34)31-27(28)19-12-8-5-9-13-19)17-36-25-16-24-21(14-22(25)30)20(15-26(33)37-24)18-10-6-4-7-11-18/h4-16,27H,3,17H2,1-2H3,(H,31,34)/t27-/m0/s1. The molecule has 3 aromatic carbocycles. The maximum absolute atomic E-state index is 12.8. The van der Waals surface area contributed by atoms with Crippen LogP contribution in [0.1, 0.15) is 18.5 Å². The van der Waals surface area contributed by atoms with E-state index in [0.29, 0.717) is 39.8 Å². The van der Waals surface area contributed by atoms with Crippen LogP contribution in [0.4, 0.5) is 4.79 Å². The monoisotopic (exact) mass is 516 g/mol. The zero-order valence-corrected chi connectivity index (χ0v) is 21.1. The van der Waals surface area contributed by atoms with Crippen molar-refractivity contribution in [2.75, 3.05) is 20.3 Å². The van der Waals surface area contributed by atoms with Crippen molar-refractivity contribution in [1.82, 2.24) is 10.2 Å². The minimum Gasteiger partial charge on any atom is -0.494 e. The van der Waals surface area contributed by atoms with Gasteiger partial charge < -0.3 is 19.2 Å². The van der Waals surface area contributed by atoms with E-state index in [1.807, 2.05) is 67.6 Å². The average Bonchev–Trinajstić information content (AvgIpc) is 2.91. The van der Waals surface area contributed by atoms with Gasteiger partial charge in [-0.3, -0.25) is 4.90 Å². The number of amides is 2. The van der Waals surface area contributed by atoms with E-state index in [1.165, 1.54) is 11.0 Å².